The van der Waals surface area contributed by atoms with Crippen LogP contribution in [0.5, 0.6) is 0 Å². The Bertz CT molecular complexity index is 611. The number of fused-ring (bicyclic) bond motifs is 3. The van der Waals surface area contributed by atoms with Crippen LogP contribution < -0.4 is 5.32 Å². The Morgan fingerprint density at radius 1 is 1.05 bits per heavy atom. The fourth-order valence-corrected chi connectivity index (χ4v) is 3.49. The molecule has 0 heterocycles. The third-order valence-corrected chi connectivity index (χ3v) is 4.76. The standard InChI is InChI=1S/C19H23N/c1-4-19(20-3)13(2)14-9-10-18-16(11-14)12-15-7-5-6-8-17(15)18/h5-11,13,19-20H,4,12H2,1-3H3. The van der Waals surface area contributed by atoms with Crippen molar-refractivity contribution >= 4 is 0 Å². The number of hydrogen-bond acceptors (Lipinski definition) is 1. The summed E-state index contributed by atoms with van der Waals surface area (Å²) in [7, 11) is 2.06. The van der Waals surface area contributed by atoms with Crippen molar-refractivity contribution in [2.24, 2.45) is 0 Å². The summed E-state index contributed by atoms with van der Waals surface area (Å²) < 4.78 is 0. The Hall–Kier alpha value is -1.60. The molecule has 0 saturated carbocycles. The van der Waals surface area contributed by atoms with E-state index in [0.717, 1.165) is 12.8 Å². The van der Waals surface area contributed by atoms with Gasteiger partial charge in [-0.25, -0.2) is 0 Å². The predicted molar refractivity (Wildman–Crippen MR) is 86.2 cm³/mol. The van der Waals surface area contributed by atoms with Gasteiger partial charge in [0.2, 0.25) is 0 Å². The highest BCUT2D eigenvalue weighted by atomic mass is 14.9. The molecule has 0 aliphatic heterocycles. The van der Waals surface area contributed by atoms with Gasteiger partial charge in [-0.2, -0.15) is 0 Å². The van der Waals surface area contributed by atoms with Crippen molar-refractivity contribution in [3.05, 3.63) is 59.2 Å². The number of nitrogens with one attached hydrogen (secondary N) is 1. The molecule has 0 fully saturated rings. The summed E-state index contributed by atoms with van der Waals surface area (Å²) in [4.78, 5) is 0. The number of hydrogen-bond donors (Lipinski definition) is 1. The van der Waals surface area contributed by atoms with Crippen LogP contribution in [0.15, 0.2) is 42.5 Å². The molecule has 20 heavy (non-hydrogen) atoms. The molecule has 1 aliphatic rings. The van der Waals surface area contributed by atoms with E-state index in [1.807, 2.05) is 0 Å². The zero-order chi connectivity index (χ0) is 14.1. The molecule has 3 rings (SSSR count). The molecular weight excluding hydrogens is 242 g/mol. The van der Waals surface area contributed by atoms with Gasteiger partial charge in [0.05, 0.1) is 0 Å². The minimum absolute atomic E-state index is 0.553. The maximum atomic E-state index is 3.43. The molecule has 0 aromatic heterocycles. The van der Waals surface area contributed by atoms with E-state index < -0.39 is 0 Å². The summed E-state index contributed by atoms with van der Waals surface area (Å²) in [6, 6.07) is 16.4. The van der Waals surface area contributed by atoms with Crippen molar-refractivity contribution in [3.63, 3.8) is 0 Å². The minimum Gasteiger partial charge on any atom is -0.316 e. The molecule has 1 N–H and O–H groups in total. The first-order valence-corrected chi connectivity index (χ1v) is 7.63. The Morgan fingerprint density at radius 3 is 2.55 bits per heavy atom. The fraction of sp³-hybridized carbons (Fsp3) is 0.368. The Balaban J connectivity index is 1.94. The topological polar surface area (TPSA) is 12.0 Å². The molecule has 1 heteroatoms. The van der Waals surface area contributed by atoms with Crippen molar-refractivity contribution in [2.75, 3.05) is 7.05 Å². The zero-order valence-electron chi connectivity index (χ0n) is 12.6. The van der Waals surface area contributed by atoms with Gasteiger partial charge in [0.25, 0.3) is 0 Å². The van der Waals surface area contributed by atoms with E-state index in [1.165, 1.54) is 27.8 Å². The third-order valence-electron chi connectivity index (χ3n) is 4.76. The van der Waals surface area contributed by atoms with Crippen LogP contribution in [-0.4, -0.2) is 13.1 Å². The molecule has 0 bridgehead atoms. The first-order valence-electron chi connectivity index (χ1n) is 7.63. The van der Waals surface area contributed by atoms with E-state index in [0.29, 0.717) is 12.0 Å². The van der Waals surface area contributed by atoms with Crippen LogP contribution in [0.2, 0.25) is 0 Å². The van der Waals surface area contributed by atoms with Gasteiger partial charge >= 0.3 is 0 Å². The fourth-order valence-electron chi connectivity index (χ4n) is 3.49. The molecule has 2 aromatic carbocycles. The molecule has 0 radical (unpaired) electrons. The summed E-state index contributed by atoms with van der Waals surface area (Å²) in [6.07, 6.45) is 2.25. The quantitative estimate of drug-likeness (QED) is 0.739. The average molecular weight is 265 g/mol. The monoisotopic (exact) mass is 265 g/mol. The van der Waals surface area contributed by atoms with E-state index in [2.05, 4.69) is 68.7 Å². The normalized spacial score (nSPS) is 15.6. The molecule has 0 spiro atoms. The Labute approximate surface area is 122 Å². The Kier molecular flexibility index (Phi) is 3.62. The molecule has 1 nitrogen and oxygen atoms in total. The largest absolute Gasteiger partial charge is 0.316 e. The molecule has 104 valence electrons. The molecular formula is C19H23N. The van der Waals surface area contributed by atoms with Crippen LogP contribution >= 0.6 is 0 Å². The van der Waals surface area contributed by atoms with Crippen molar-refractivity contribution in [3.8, 4) is 11.1 Å². The van der Waals surface area contributed by atoms with Gasteiger partial charge < -0.3 is 5.32 Å². The summed E-state index contributed by atoms with van der Waals surface area (Å²) in [5, 5.41) is 3.43. The number of benzene rings is 2. The van der Waals surface area contributed by atoms with Gasteiger partial charge in [-0.1, -0.05) is 56.3 Å². The van der Waals surface area contributed by atoms with Crippen LogP contribution in [0.3, 0.4) is 0 Å². The molecule has 0 amide bonds. The van der Waals surface area contributed by atoms with Crippen LogP contribution in [0, 0.1) is 0 Å². The van der Waals surface area contributed by atoms with E-state index in [9.17, 15) is 0 Å². The smallest absolute Gasteiger partial charge is 0.0127 e. The van der Waals surface area contributed by atoms with Gasteiger partial charge in [-0.05, 0) is 53.6 Å². The van der Waals surface area contributed by atoms with Crippen LogP contribution in [-0.2, 0) is 6.42 Å². The lowest BCUT2D eigenvalue weighted by atomic mass is 9.89. The van der Waals surface area contributed by atoms with Crippen molar-refractivity contribution < 1.29 is 0 Å². The maximum Gasteiger partial charge on any atom is 0.0127 e. The first kappa shape index (κ1) is 13.4. The van der Waals surface area contributed by atoms with Crippen LogP contribution in [0.4, 0.5) is 0 Å². The SMILES string of the molecule is CCC(NC)C(C)c1ccc2c(c1)Cc1ccccc1-2. The lowest BCUT2D eigenvalue weighted by molar-refractivity contribution is 0.472. The molecule has 2 atom stereocenters. The average Bonchev–Trinajstić information content (AvgIpc) is 2.86. The van der Waals surface area contributed by atoms with Crippen molar-refractivity contribution in [1.29, 1.82) is 0 Å². The van der Waals surface area contributed by atoms with Crippen LogP contribution in [0.1, 0.15) is 42.9 Å². The van der Waals surface area contributed by atoms with Gasteiger partial charge in [-0.3, -0.25) is 0 Å². The first-order chi connectivity index (χ1) is 9.74. The molecule has 0 saturated heterocycles. The highest BCUT2D eigenvalue weighted by Crippen LogP contribution is 2.38. The third kappa shape index (κ3) is 2.16. The second kappa shape index (κ2) is 5.41. The van der Waals surface area contributed by atoms with Gasteiger partial charge in [-0.15, -0.1) is 0 Å². The zero-order valence-corrected chi connectivity index (χ0v) is 12.6. The van der Waals surface area contributed by atoms with E-state index >= 15 is 0 Å². The van der Waals surface area contributed by atoms with Gasteiger partial charge in [0.15, 0.2) is 0 Å². The van der Waals surface area contributed by atoms with Crippen molar-refractivity contribution in [2.45, 2.75) is 38.6 Å². The number of likely N-dealkylation sites (N-methyl/N-ethyl adjacent to an activating group) is 1. The maximum absolute atomic E-state index is 3.43. The second-order valence-electron chi connectivity index (χ2n) is 5.84. The van der Waals surface area contributed by atoms with E-state index in [1.54, 1.807) is 0 Å². The molecule has 2 aromatic rings. The Morgan fingerprint density at radius 2 is 1.80 bits per heavy atom. The minimum atomic E-state index is 0.553. The predicted octanol–water partition coefficient (Wildman–Crippen LogP) is 4.36. The lowest BCUT2D eigenvalue weighted by Crippen LogP contribution is -2.29. The van der Waals surface area contributed by atoms with E-state index in [-0.39, 0.29) is 0 Å². The lowest BCUT2D eigenvalue weighted by Gasteiger charge is -2.23. The highest BCUT2D eigenvalue weighted by Gasteiger charge is 2.21. The summed E-state index contributed by atoms with van der Waals surface area (Å²) in [5.41, 5.74) is 7.25. The van der Waals surface area contributed by atoms with E-state index in [4.69, 9.17) is 0 Å². The molecule has 1 aliphatic carbocycles. The second-order valence-corrected chi connectivity index (χ2v) is 5.84. The molecule has 2 unspecified atom stereocenters. The highest BCUT2D eigenvalue weighted by molar-refractivity contribution is 5.77. The van der Waals surface area contributed by atoms with Gasteiger partial charge in [0.1, 0.15) is 0 Å². The van der Waals surface area contributed by atoms with Crippen LogP contribution in [0.25, 0.3) is 11.1 Å². The summed E-state index contributed by atoms with van der Waals surface area (Å²) >= 11 is 0. The number of rotatable bonds is 4. The van der Waals surface area contributed by atoms with Crippen molar-refractivity contribution in [1.82, 2.24) is 5.32 Å². The van der Waals surface area contributed by atoms with Gasteiger partial charge in [0, 0.05) is 6.04 Å². The summed E-state index contributed by atoms with van der Waals surface area (Å²) in [5.74, 6) is 0.555. The summed E-state index contributed by atoms with van der Waals surface area (Å²) in [6.45, 7) is 4.58.